The number of rotatable bonds is 3. The quantitative estimate of drug-likeness (QED) is 0.461. The lowest BCUT2D eigenvalue weighted by atomic mass is 9.97. The molecule has 6 nitrogen and oxygen atoms in total. The zero-order valence-electron chi connectivity index (χ0n) is 14.8. The highest BCUT2D eigenvalue weighted by Gasteiger charge is 2.60. The minimum absolute atomic E-state index is 0.0367. The van der Waals surface area contributed by atoms with Crippen LogP contribution in [0.15, 0.2) is 35.2 Å². The van der Waals surface area contributed by atoms with Crippen LogP contribution in [0.4, 0.5) is 22.0 Å². The molecule has 0 amide bonds. The van der Waals surface area contributed by atoms with Crippen LogP contribution in [0, 0.1) is 0 Å². The van der Waals surface area contributed by atoms with E-state index in [1.807, 2.05) is 0 Å². The van der Waals surface area contributed by atoms with Crippen LogP contribution >= 0.6 is 0 Å². The molecule has 0 aromatic carbocycles. The summed E-state index contributed by atoms with van der Waals surface area (Å²) in [4.78, 5) is 8.71. The largest absolute Gasteiger partial charge is 0.458 e. The Morgan fingerprint density at radius 1 is 1.10 bits per heavy atom. The normalized spacial score (nSPS) is 16.6. The lowest BCUT2D eigenvalue weighted by Gasteiger charge is -2.23. The fourth-order valence-corrected chi connectivity index (χ4v) is 3.28. The van der Waals surface area contributed by atoms with Gasteiger partial charge < -0.3 is 4.42 Å². The van der Waals surface area contributed by atoms with E-state index in [4.69, 9.17) is 4.42 Å². The van der Waals surface area contributed by atoms with Gasteiger partial charge in [0.05, 0.1) is 0 Å². The van der Waals surface area contributed by atoms with E-state index in [0.717, 1.165) is 12.5 Å². The third-order valence-corrected chi connectivity index (χ3v) is 5.29. The molecule has 11 heteroatoms. The first-order chi connectivity index (χ1) is 13.6. The first kappa shape index (κ1) is 18.0. The summed E-state index contributed by atoms with van der Waals surface area (Å²) in [5, 5.41) is 6.99. The van der Waals surface area contributed by atoms with Gasteiger partial charge in [-0.05, 0) is 31.0 Å². The van der Waals surface area contributed by atoms with Crippen molar-refractivity contribution in [3.8, 4) is 11.6 Å². The van der Waals surface area contributed by atoms with Crippen LogP contribution < -0.4 is 0 Å². The van der Waals surface area contributed by atoms with Gasteiger partial charge in [-0.2, -0.15) is 22.0 Å². The van der Waals surface area contributed by atoms with Gasteiger partial charge in [0, 0.05) is 28.3 Å². The van der Waals surface area contributed by atoms with E-state index in [2.05, 4.69) is 20.2 Å². The first-order valence-corrected chi connectivity index (χ1v) is 8.65. The third-order valence-electron chi connectivity index (χ3n) is 5.29. The van der Waals surface area contributed by atoms with Crippen molar-refractivity contribution in [2.75, 3.05) is 0 Å². The Morgan fingerprint density at radius 3 is 2.48 bits per heavy atom. The molecule has 0 unspecified atom stereocenters. The lowest BCUT2D eigenvalue weighted by Crippen LogP contribution is -2.34. The molecule has 0 aliphatic heterocycles. The molecule has 1 aliphatic carbocycles. The van der Waals surface area contributed by atoms with Crippen LogP contribution in [0.5, 0.6) is 0 Å². The van der Waals surface area contributed by atoms with Gasteiger partial charge >= 0.3 is 12.1 Å². The van der Waals surface area contributed by atoms with Crippen LogP contribution in [0.3, 0.4) is 0 Å². The van der Waals surface area contributed by atoms with Gasteiger partial charge in [0.25, 0.3) is 5.89 Å². The number of halogens is 5. The second-order valence-corrected chi connectivity index (χ2v) is 7.36. The highest BCUT2D eigenvalue weighted by molar-refractivity contribution is 5.84. The van der Waals surface area contributed by atoms with E-state index in [1.54, 1.807) is 6.92 Å². The second-order valence-electron chi connectivity index (χ2n) is 7.36. The zero-order valence-corrected chi connectivity index (χ0v) is 14.8. The number of imidazole rings is 1. The van der Waals surface area contributed by atoms with Crippen molar-refractivity contribution in [2.24, 2.45) is 0 Å². The molecule has 150 valence electrons. The topological polar surface area (TPSA) is 69.1 Å². The zero-order chi connectivity index (χ0) is 20.6. The smallest absolute Gasteiger partial charge is 0.422 e. The van der Waals surface area contributed by atoms with Gasteiger partial charge in [-0.1, -0.05) is 6.92 Å². The van der Waals surface area contributed by atoms with Gasteiger partial charge in [0.2, 0.25) is 6.39 Å². The lowest BCUT2D eigenvalue weighted by molar-refractivity contribution is -0.288. The van der Waals surface area contributed by atoms with E-state index in [9.17, 15) is 22.0 Å². The summed E-state index contributed by atoms with van der Waals surface area (Å²) in [7, 11) is 0. The number of hydrogen-bond donors (Lipinski definition) is 0. The molecule has 0 N–H and O–H groups in total. The molecule has 1 aliphatic rings. The van der Waals surface area contributed by atoms with Crippen LogP contribution in [-0.4, -0.2) is 30.7 Å². The molecule has 29 heavy (non-hydrogen) atoms. The summed E-state index contributed by atoms with van der Waals surface area (Å²) in [5.41, 5.74) is -0.924. The summed E-state index contributed by atoms with van der Waals surface area (Å²) < 4.78 is 74.8. The van der Waals surface area contributed by atoms with Crippen molar-refractivity contribution >= 4 is 16.7 Å². The van der Waals surface area contributed by atoms with Gasteiger partial charge in [0.1, 0.15) is 17.0 Å². The molecule has 1 fully saturated rings. The highest BCUT2D eigenvalue weighted by atomic mass is 19.4. The van der Waals surface area contributed by atoms with Crippen LogP contribution in [0.25, 0.3) is 28.3 Å². The number of pyridine rings is 2. The highest BCUT2D eigenvalue weighted by Crippen LogP contribution is 2.51. The molecule has 0 radical (unpaired) electrons. The Balaban J connectivity index is 1.84. The van der Waals surface area contributed by atoms with Crippen molar-refractivity contribution in [3.63, 3.8) is 0 Å². The molecule has 5 rings (SSSR count). The predicted octanol–water partition coefficient (Wildman–Crippen LogP) is 4.64. The summed E-state index contributed by atoms with van der Waals surface area (Å²) in [6.45, 7) is 1.79. The standard InChI is InChI=1S/C18H12F5N5O/c1-16(4-5-16)12-6-10(17(19,20)18(21,22)23)9-2-3-13-25-11(15-27-24-8-29-15)7-28(13)14(9)26-12/h2-3,6-8H,4-5H2,1H3. The molecule has 4 aromatic rings. The van der Waals surface area contributed by atoms with Crippen molar-refractivity contribution in [1.82, 2.24) is 24.6 Å². The molecule has 4 aromatic heterocycles. The van der Waals surface area contributed by atoms with E-state index in [0.29, 0.717) is 18.5 Å². The average molecular weight is 409 g/mol. The second kappa shape index (κ2) is 5.49. The molecule has 0 atom stereocenters. The van der Waals surface area contributed by atoms with E-state index in [-0.39, 0.29) is 28.3 Å². The van der Waals surface area contributed by atoms with Gasteiger partial charge in [0.15, 0.2) is 0 Å². The van der Waals surface area contributed by atoms with Gasteiger partial charge in [-0.3, -0.25) is 4.40 Å². The van der Waals surface area contributed by atoms with Crippen LogP contribution in [-0.2, 0) is 11.3 Å². The Morgan fingerprint density at radius 2 is 1.86 bits per heavy atom. The van der Waals surface area contributed by atoms with E-state index in [1.165, 1.54) is 22.7 Å². The molecule has 4 heterocycles. The summed E-state index contributed by atoms with van der Waals surface area (Å²) >= 11 is 0. The Kier molecular flexibility index (Phi) is 3.40. The fourth-order valence-electron chi connectivity index (χ4n) is 3.28. The van der Waals surface area contributed by atoms with Crippen molar-refractivity contribution < 1.29 is 26.4 Å². The monoisotopic (exact) mass is 409 g/mol. The minimum Gasteiger partial charge on any atom is -0.422 e. The third kappa shape index (κ3) is 2.60. The summed E-state index contributed by atoms with van der Waals surface area (Å²) in [6, 6.07) is 3.40. The van der Waals surface area contributed by atoms with E-state index >= 15 is 0 Å². The predicted molar refractivity (Wildman–Crippen MR) is 90.3 cm³/mol. The molecule has 1 saturated carbocycles. The average Bonchev–Trinajstić information content (AvgIpc) is 3.09. The number of alkyl halides is 5. The SMILES string of the molecule is CC1(c2cc(C(F)(F)C(F)(F)F)c3ccc4nc(-c5nnco5)cn4c3n2)CC1. The maximum atomic E-state index is 14.4. The number of aromatic nitrogens is 5. The molecule has 0 saturated heterocycles. The Hall–Kier alpha value is -3.11. The van der Waals surface area contributed by atoms with Gasteiger partial charge in [-0.15, -0.1) is 10.2 Å². The molecule has 0 bridgehead atoms. The van der Waals surface area contributed by atoms with Gasteiger partial charge in [-0.25, -0.2) is 9.97 Å². The Bertz CT molecular complexity index is 1240. The van der Waals surface area contributed by atoms with Crippen molar-refractivity contribution in [2.45, 2.75) is 37.3 Å². The number of fused-ring (bicyclic) bond motifs is 3. The number of nitrogens with zero attached hydrogens (tertiary/aromatic N) is 5. The minimum atomic E-state index is -5.73. The van der Waals surface area contributed by atoms with E-state index < -0.39 is 23.1 Å². The maximum absolute atomic E-state index is 14.4. The molecule has 0 spiro atoms. The Labute approximate surface area is 159 Å². The maximum Gasteiger partial charge on any atom is 0.458 e. The van der Waals surface area contributed by atoms with Crippen molar-refractivity contribution in [1.29, 1.82) is 0 Å². The number of hydrogen-bond acceptors (Lipinski definition) is 5. The molecular weight excluding hydrogens is 397 g/mol. The first-order valence-electron chi connectivity index (χ1n) is 8.65. The molecular formula is C18H12F5N5O. The van der Waals surface area contributed by atoms with Crippen LogP contribution in [0.2, 0.25) is 0 Å². The van der Waals surface area contributed by atoms with Crippen LogP contribution in [0.1, 0.15) is 31.0 Å². The summed E-state index contributed by atoms with van der Waals surface area (Å²) in [5.74, 6) is -4.94. The van der Waals surface area contributed by atoms with Crippen molar-refractivity contribution in [3.05, 3.63) is 42.0 Å². The fraction of sp³-hybridized carbons (Fsp3) is 0.333. The summed E-state index contributed by atoms with van der Waals surface area (Å²) in [6.07, 6.45) is -1.89.